The molecule has 0 aliphatic carbocycles. The van der Waals surface area contributed by atoms with E-state index in [0.29, 0.717) is 13.2 Å². The van der Waals surface area contributed by atoms with Gasteiger partial charge in [0.1, 0.15) is 0 Å². The minimum Gasteiger partial charge on any atom is -0.466 e. The number of ether oxygens (including phenoxy) is 1. The molecule has 1 aliphatic rings. The monoisotopic (exact) mass is 339 g/mol. The number of nitrogens with zero attached hydrogens (tertiary/aromatic N) is 1. The van der Waals surface area contributed by atoms with Crippen LogP contribution in [0.4, 0.5) is 5.69 Å². The Bertz CT molecular complexity index is 556. The number of carbonyl (C=O) groups is 2. The molecule has 0 bridgehead atoms. The number of rotatable bonds is 3. The summed E-state index contributed by atoms with van der Waals surface area (Å²) in [6.45, 7) is 6.47. The Hall–Kier alpha value is -1.36. The van der Waals surface area contributed by atoms with Crippen LogP contribution in [-0.4, -0.2) is 25.0 Å². The molecule has 1 atom stereocenters. The third kappa shape index (κ3) is 2.87. The molecule has 1 saturated heterocycles. The van der Waals surface area contributed by atoms with E-state index in [0.717, 1.165) is 21.3 Å². The van der Waals surface area contributed by atoms with Crippen molar-refractivity contribution in [3.8, 4) is 0 Å². The summed E-state index contributed by atoms with van der Waals surface area (Å²) in [5.41, 5.74) is 2.96. The van der Waals surface area contributed by atoms with Gasteiger partial charge in [-0.05, 0) is 44.0 Å². The van der Waals surface area contributed by atoms with Crippen LogP contribution in [0.25, 0.3) is 0 Å². The van der Waals surface area contributed by atoms with Gasteiger partial charge in [0, 0.05) is 23.1 Å². The Balaban J connectivity index is 2.24. The summed E-state index contributed by atoms with van der Waals surface area (Å²) in [4.78, 5) is 25.6. The molecule has 0 saturated carbocycles. The number of halogens is 1. The van der Waals surface area contributed by atoms with E-state index in [9.17, 15) is 9.59 Å². The van der Waals surface area contributed by atoms with Crippen molar-refractivity contribution >= 4 is 33.5 Å². The van der Waals surface area contributed by atoms with Gasteiger partial charge in [0.15, 0.2) is 0 Å². The lowest BCUT2D eigenvalue weighted by Gasteiger charge is -2.20. The molecule has 0 aromatic heterocycles. The van der Waals surface area contributed by atoms with E-state index in [1.165, 1.54) is 0 Å². The van der Waals surface area contributed by atoms with Gasteiger partial charge in [-0.25, -0.2) is 0 Å². The number of hydrogen-bond acceptors (Lipinski definition) is 3. The molecule has 0 radical (unpaired) electrons. The van der Waals surface area contributed by atoms with Crippen molar-refractivity contribution in [2.24, 2.45) is 5.92 Å². The lowest BCUT2D eigenvalue weighted by Crippen LogP contribution is -2.27. The summed E-state index contributed by atoms with van der Waals surface area (Å²) in [5.74, 6) is -0.659. The Morgan fingerprint density at radius 2 is 2.10 bits per heavy atom. The highest BCUT2D eigenvalue weighted by atomic mass is 79.9. The summed E-state index contributed by atoms with van der Waals surface area (Å²) >= 11 is 3.48. The van der Waals surface area contributed by atoms with Crippen LogP contribution < -0.4 is 4.90 Å². The van der Waals surface area contributed by atoms with Crippen LogP contribution in [0.1, 0.15) is 24.5 Å². The lowest BCUT2D eigenvalue weighted by molar-refractivity contribution is -0.147. The molecular weight excluding hydrogens is 322 g/mol. The number of amides is 1. The zero-order chi connectivity index (χ0) is 14.9. The fourth-order valence-electron chi connectivity index (χ4n) is 2.41. The second-order valence-electron chi connectivity index (χ2n) is 5.05. The number of benzene rings is 1. The SMILES string of the molecule is CCOC(=O)[C@@H]1CC(=O)N(c2cc(C)c(Br)cc2C)C1. The van der Waals surface area contributed by atoms with Crippen molar-refractivity contribution < 1.29 is 14.3 Å². The van der Waals surface area contributed by atoms with Gasteiger partial charge in [-0.3, -0.25) is 9.59 Å². The Labute approximate surface area is 127 Å². The predicted octanol–water partition coefficient (Wildman–Crippen LogP) is 2.98. The highest BCUT2D eigenvalue weighted by Crippen LogP contribution is 2.32. The summed E-state index contributed by atoms with van der Waals surface area (Å²) in [6, 6.07) is 3.97. The van der Waals surface area contributed by atoms with Crippen LogP contribution >= 0.6 is 15.9 Å². The highest BCUT2D eigenvalue weighted by Gasteiger charge is 2.36. The van der Waals surface area contributed by atoms with Crippen LogP contribution in [-0.2, 0) is 14.3 Å². The molecule has 0 unspecified atom stereocenters. The number of hydrogen-bond donors (Lipinski definition) is 0. The van der Waals surface area contributed by atoms with Gasteiger partial charge in [-0.15, -0.1) is 0 Å². The predicted molar refractivity (Wildman–Crippen MR) is 80.7 cm³/mol. The quantitative estimate of drug-likeness (QED) is 0.795. The average molecular weight is 340 g/mol. The zero-order valence-electron chi connectivity index (χ0n) is 11.9. The van der Waals surface area contributed by atoms with E-state index in [-0.39, 0.29) is 24.2 Å². The molecule has 108 valence electrons. The summed E-state index contributed by atoms with van der Waals surface area (Å²) < 4.78 is 6.03. The molecule has 1 fully saturated rings. The first-order valence-corrected chi connectivity index (χ1v) is 7.47. The summed E-state index contributed by atoms with van der Waals surface area (Å²) in [5, 5.41) is 0. The topological polar surface area (TPSA) is 46.6 Å². The lowest BCUT2D eigenvalue weighted by atomic mass is 10.1. The van der Waals surface area contributed by atoms with E-state index in [4.69, 9.17) is 4.74 Å². The van der Waals surface area contributed by atoms with Gasteiger partial charge in [0.25, 0.3) is 0 Å². The van der Waals surface area contributed by atoms with Crippen LogP contribution in [0.15, 0.2) is 16.6 Å². The molecule has 4 nitrogen and oxygen atoms in total. The van der Waals surface area contributed by atoms with Crippen molar-refractivity contribution in [2.45, 2.75) is 27.2 Å². The van der Waals surface area contributed by atoms with Gasteiger partial charge in [-0.1, -0.05) is 15.9 Å². The van der Waals surface area contributed by atoms with Crippen LogP contribution in [0.2, 0.25) is 0 Å². The minimum absolute atomic E-state index is 0.0205. The van der Waals surface area contributed by atoms with E-state index < -0.39 is 0 Å². The standard InChI is InChI=1S/C15H18BrNO3/c1-4-20-15(19)11-7-14(18)17(8-11)13-6-9(2)12(16)5-10(13)3/h5-6,11H,4,7-8H2,1-3H3/t11-/m1/s1. The van der Waals surface area contributed by atoms with Crippen LogP contribution in [0.5, 0.6) is 0 Å². The number of aryl methyl sites for hydroxylation is 2. The third-order valence-electron chi connectivity index (χ3n) is 3.51. The molecule has 1 aliphatic heterocycles. The second-order valence-corrected chi connectivity index (χ2v) is 5.90. The smallest absolute Gasteiger partial charge is 0.311 e. The summed E-state index contributed by atoms with van der Waals surface area (Å²) in [6.07, 6.45) is 0.230. The van der Waals surface area contributed by atoms with Crippen molar-refractivity contribution in [1.82, 2.24) is 0 Å². The van der Waals surface area contributed by atoms with E-state index in [2.05, 4.69) is 15.9 Å². The normalized spacial score (nSPS) is 18.5. The molecular formula is C15H18BrNO3. The fourth-order valence-corrected chi connectivity index (χ4v) is 2.87. The van der Waals surface area contributed by atoms with E-state index in [1.54, 1.807) is 11.8 Å². The fraction of sp³-hybridized carbons (Fsp3) is 0.467. The highest BCUT2D eigenvalue weighted by molar-refractivity contribution is 9.10. The van der Waals surface area contributed by atoms with Crippen LogP contribution in [0, 0.1) is 19.8 Å². The molecule has 5 heteroatoms. The number of carbonyl (C=O) groups excluding carboxylic acids is 2. The first-order chi connectivity index (χ1) is 9.43. The van der Waals surface area contributed by atoms with Crippen molar-refractivity contribution in [3.63, 3.8) is 0 Å². The first kappa shape index (κ1) is 15.0. The zero-order valence-corrected chi connectivity index (χ0v) is 13.5. The van der Waals surface area contributed by atoms with Crippen LogP contribution in [0.3, 0.4) is 0 Å². The van der Waals surface area contributed by atoms with Crippen molar-refractivity contribution in [2.75, 3.05) is 18.1 Å². The van der Waals surface area contributed by atoms with Gasteiger partial charge in [0.05, 0.1) is 12.5 Å². The molecule has 0 N–H and O–H groups in total. The molecule has 2 rings (SSSR count). The third-order valence-corrected chi connectivity index (χ3v) is 4.37. The Morgan fingerprint density at radius 3 is 2.75 bits per heavy atom. The molecule has 1 amide bonds. The largest absolute Gasteiger partial charge is 0.466 e. The van der Waals surface area contributed by atoms with Gasteiger partial charge >= 0.3 is 5.97 Å². The maximum absolute atomic E-state index is 12.1. The van der Waals surface area contributed by atoms with Gasteiger partial charge < -0.3 is 9.64 Å². The molecule has 0 spiro atoms. The second kappa shape index (κ2) is 5.95. The number of esters is 1. The van der Waals surface area contributed by atoms with Crippen molar-refractivity contribution in [1.29, 1.82) is 0 Å². The maximum Gasteiger partial charge on any atom is 0.311 e. The number of anilines is 1. The molecule has 1 aromatic carbocycles. The Morgan fingerprint density at radius 1 is 1.40 bits per heavy atom. The van der Waals surface area contributed by atoms with Crippen molar-refractivity contribution in [3.05, 3.63) is 27.7 Å². The van der Waals surface area contributed by atoms with E-state index in [1.807, 2.05) is 26.0 Å². The maximum atomic E-state index is 12.1. The molecule has 1 aromatic rings. The first-order valence-electron chi connectivity index (χ1n) is 6.67. The Kier molecular flexibility index (Phi) is 4.48. The van der Waals surface area contributed by atoms with Gasteiger partial charge in [-0.2, -0.15) is 0 Å². The molecule has 1 heterocycles. The molecule has 20 heavy (non-hydrogen) atoms. The summed E-state index contributed by atoms with van der Waals surface area (Å²) in [7, 11) is 0. The van der Waals surface area contributed by atoms with E-state index >= 15 is 0 Å². The van der Waals surface area contributed by atoms with Gasteiger partial charge in [0.2, 0.25) is 5.91 Å². The minimum atomic E-state index is -0.356. The average Bonchev–Trinajstić information content (AvgIpc) is 2.76.